The van der Waals surface area contributed by atoms with Gasteiger partial charge in [-0.15, -0.1) is 0 Å². The fourth-order valence-corrected chi connectivity index (χ4v) is 3.84. The SMILES string of the molecule is CCOC(=O)c1nn(-c2ccccc2C)c(=O)cc1NC(=O)C1CCCCC1C(=O)O. The van der Waals surface area contributed by atoms with Crippen LogP contribution in [0, 0.1) is 18.8 Å². The number of aryl methyl sites for hydroxylation is 1. The average Bonchev–Trinajstić information content (AvgIpc) is 2.74. The first-order chi connectivity index (χ1) is 14.8. The molecule has 1 saturated carbocycles. The first-order valence-corrected chi connectivity index (χ1v) is 10.2. The third kappa shape index (κ3) is 4.82. The number of ether oxygens (including phenoxy) is 1. The number of hydrogen-bond donors (Lipinski definition) is 2. The Hall–Kier alpha value is -3.49. The monoisotopic (exact) mass is 427 g/mol. The van der Waals surface area contributed by atoms with Crippen molar-refractivity contribution < 1.29 is 24.2 Å². The molecule has 1 aliphatic rings. The van der Waals surface area contributed by atoms with E-state index in [0.717, 1.165) is 29.2 Å². The van der Waals surface area contributed by atoms with Crippen molar-refractivity contribution in [3.05, 3.63) is 51.9 Å². The van der Waals surface area contributed by atoms with Crippen LogP contribution in [0.2, 0.25) is 0 Å². The second kappa shape index (κ2) is 9.55. The number of nitrogens with one attached hydrogen (secondary N) is 1. The number of carboxylic acids is 1. The van der Waals surface area contributed by atoms with Crippen LogP contribution in [0.3, 0.4) is 0 Å². The molecule has 0 spiro atoms. The molecule has 164 valence electrons. The zero-order valence-electron chi connectivity index (χ0n) is 17.5. The van der Waals surface area contributed by atoms with Crippen molar-refractivity contribution >= 4 is 23.5 Å². The molecule has 2 unspecified atom stereocenters. The van der Waals surface area contributed by atoms with Gasteiger partial charge in [-0.25, -0.2) is 4.79 Å². The summed E-state index contributed by atoms with van der Waals surface area (Å²) in [7, 11) is 0. The molecule has 1 aromatic carbocycles. The number of nitrogens with zero attached hydrogens (tertiary/aromatic N) is 2. The third-order valence-corrected chi connectivity index (χ3v) is 5.42. The molecular weight excluding hydrogens is 402 g/mol. The van der Waals surface area contributed by atoms with E-state index in [1.54, 1.807) is 32.0 Å². The number of esters is 1. The Balaban J connectivity index is 2.01. The molecule has 1 aromatic heterocycles. The largest absolute Gasteiger partial charge is 0.481 e. The fraction of sp³-hybridized carbons (Fsp3) is 0.409. The summed E-state index contributed by atoms with van der Waals surface area (Å²) in [4.78, 5) is 49.7. The van der Waals surface area contributed by atoms with Crippen LogP contribution < -0.4 is 10.9 Å². The van der Waals surface area contributed by atoms with Crippen LogP contribution in [-0.4, -0.2) is 39.3 Å². The van der Waals surface area contributed by atoms with Gasteiger partial charge in [-0.2, -0.15) is 9.78 Å². The molecule has 2 N–H and O–H groups in total. The van der Waals surface area contributed by atoms with Crippen LogP contribution in [0.15, 0.2) is 35.1 Å². The van der Waals surface area contributed by atoms with Crippen molar-refractivity contribution in [1.82, 2.24) is 9.78 Å². The summed E-state index contributed by atoms with van der Waals surface area (Å²) < 4.78 is 6.14. The Labute approximate surface area is 179 Å². The number of aromatic nitrogens is 2. The van der Waals surface area contributed by atoms with Crippen molar-refractivity contribution in [2.45, 2.75) is 39.5 Å². The molecule has 0 bridgehead atoms. The van der Waals surface area contributed by atoms with Gasteiger partial charge in [0.1, 0.15) is 0 Å². The molecule has 3 rings (SSSR count). The van der Waals surface area contributed by atoms with Gasteiger partial charge >= 0.3 is 11.9 Å². The lowest BCUT2D eigenvalue weighted by Crippen LogP contribution is -2.37. The minimum atomic E-state index is -1.03. The second-order valence-corrected chi connectivity index (χ2v) is 7.49. The summed E-state index contributed by atoms with van der Waals surface area (Å²) >= 11 is 0. The predicted molar refractivity (Wildman–Crippen MR) is 112 cm³/mol. The number of carbonyl (C=O) groups excluding carboxylic acids is 2. The number of carboxylic acid groups (broad SMARTS) is 1. The lowest BCUT2D eigenvalue weighted by molar-refractivity contribution is -0.147. The van der Waals surface area contributed by atoms with Crippen LogP contribution in [0.25, 0.3) is 5.69 Å². The summed E-state index contributed by atoms with van der Waals surface area (Å²) in [5.41, 5.74) is 0.411. The van der Waals surface area contributed by atoms with Gasteiger partial charge in [-0.05, 0) is 38.3 Å². The first kappa shape index (κ1) is 22.2. The van der Waals surface area contributed by atoms with E-state index in [9.17, 15) is 24.3 Å². The van der Waals surface area contributed by atoms with Gasteiger partial charge in [0.05, 0.1) is 29.8 Å². The maximum Gasteiger partial charge on any atom is 0.360 e. The number of hydrogen-bond acceptors (Lipinski definition) is 6. The van der Waals surface area contributed by atoms with Crippen LogP contribution in [0.1, 0.15) is 48.7 Å². The van der Waals surface area contributed by atoms with Crippen molar-refractivity contribution in [3.63, 3.8) is 0 Å². The Bertz CT molecular complexity index is 1060. The van der Waals surface area contributed by atoms with Crippen molar-refractivity contribution in [3.8, 4) is 5.69 Å². The molecule has 0 aliphatic heterocycles. The highest BCUT2D eigenvalue weighted by atomic mass is 16.5. The van der Waals surface area contributed by atoms with Gasteiger partial charge in [0.25, 0.3) is 5.56 Å². The highest BCUT2D eigenvalue weighted by molar-refractivity contribution is 6.01. The van der Waals surface area contributed by atoms with E-state index in [4.69, 9.17) is 4.74 Å². The van der Waals surface area contributed by atoms with Crippen molar-refractivity contribution in [1.29, 1.82) is 0 Å². The Morgan fingerprint density at radius 3 is 2.52 bits per heavy atom. The summed E-state index contributed by atoms with van der Waals surface area (Å²) in [6.45, 7) is 3.52. The van der Waals surface area contributed by atoms with Gasteiger partial charge < -0.3 is 15.2 Å². The molecule has 1 fully saturated rings. The maximum absolute atomic E-state index is 12.9. The fourth-order valence-electron chi connectivity index (χ4n) is 3.84. The van der Waals surface area contributed by atoms with Gasteiger partial charge in [0.15, 0.2) is 5.69 Å². The standard InChI is InChI=1S/C22H25N3O6/c1-3-31-22(30)19-16(23-20(27)14-9-5-6-10-15(14)21(28)29)12-18(26)25(24-19)17-11-7-4-8-13(17)2/h4,7-8,11-12,14-15H,3,5-6,9-10H2,1-2H3,(H,23,27)(H,28,29). The number of carbonyl (C=O) groups is 3. The van der Waals surface area contributed by atoms with E-state index < -0.39 is 35.2 Å². The lowest BCUT2D eigenvalue weighted by atomic mass is 9.78. The average molecular weight is 427 g/mol. The van der Waals surface area contributed by atoms with Crippen LogP contribution in [0.4, 0.5) is 5.69 Å². The van der Waals surface area contributed by atoms with Crippen LogP contribution in [0.5, 0.6) is 0 Å². The van der Waals surface area contributed by atoms with Gasteiger partial charge in [0.2, 0.25) is 5.91 Å². The number of benzene rings is 1. The quantitative estimate of drug-likeness (QED) is 0.678. The summed E-state index contributed by atoms with van der Waals surface area (Å²) in [5.74, 6) is -3.93. The molecule has 0 radical (unpaired) electrons. The molecule has 1 heterocycles. The Morgan fingerprint density at radius 2 is 1.87 bits per heavy atom. The lowest BCUT2D eigenvalue weighted by Gasteiger charge is -2.27. The Morgan fingerprint density at radius 1 is 1.19 bits per heavy atom. The first-order valence-electron chi connectivity index (χ1n) is 10.2. The van der Waals surface area contributed by atoms with Gasteiger partial charge in [-0.3, -0.25) is 14.4 Å². The number of aliphatic carboxylic acids is 1. The summed E-state index contributed by atoms with van der Waals surface area (Å²) in [6.07, 6.45) is 2.30. The molecule has 31 heavy (non-hydrogen) atoms. The maximum atomic E-state index is 12.9. The highest BCUT2D eigenvalue weighted by Gasteiger charge is 2.36. The topological polar surface area (TPSA) is 128 Å². The molecule has 2 atom stereocenters. The molecule has 1 aliphatic carbocycles. The van der Waals surface area contributed by atoms with E-state index in [0.29, 0.717) is 18.5 Å². The van der Waals surface area contributed by atoms with E-state index >= 15 is 0 Å². The predicted octanol–water partition coefficient (Wildman–Crippen LogP) is 2.55. The molecule has 1 amide bonds. The molecule has 2 aromatic rings. The number of anilines is 1. The van der Waals surface area contributed by atoms with Gasteiger partial charge in [-0.1, -0.05) is 31.0 Å². The van der Waals surface area contributed by atoms with E-state index in [2.05, 4.69) is 10.4 Å². The second-order valence-electron chi connectivity index (χ2n) is 7.49. The van der Waals surface area contributed by atoms with Gasteiger partial charge in [0, 0.05) is 6.07 Å². The number of para-hydroxylation sites is 1. The van der Waals surface area contributed by atoms with E-state index in [-0.39, 0.29) is 18.0 Å². The van der Waals surface area contributed by atoms with Crippen LogP contribution >= 0.6 is 0 Å². The molecule has 0 saturated heterocycles. The van der Waals surface area contributed by atoms with Crippen molar-refractivity contribution in [2.75, 3.05) is 11.9 Å². The van der Waals surface area contributed by atoms with E-state index in [1.165, 1.54) is 0 Å². The summed E-state index contributed by atoms with van der Waals surface area (Å²) in [5, 5.41) is 16.2. The smallest absolute Gasteiger partial charge is 0.360 e. The zero-order chi connectivity index (χ0) is 22.5. The molecule has 9 heteroatoms. The zero-order valence-corrected chi connectivity index (χ0v) is 17.5. The summed E-state index contributed by atoms with van der Waals surface area (Å²) in [6, 6.07) is 8.16. The van der Waals surface area contributed by atoms with Crippen LogP contribution in [-0.2, 0) is 14.3 Å². The minimum absolute atomic E-state index is 0.0844. The number of amides is 1. The highest BCUT2D eigenvalue weighted by Crippen LogP contribution is 2.31. The Kier molecular flexibility index (Phi) is 6.84. The van der Waals surface area contributed by atoms with E-state index in [1.807, 2.05) is 6.07 Å². The number of rotatable bonds is 6. The third-order valence-electron chi connectivity index (χ3n) is 5.42. The normalized spacial score (nSPS) is 18.3. The molecular formula is C22H25N3O6. The van der Waals surface area contributed by atoms with Crippen molar-refractivity contribution in [2.24, 2.45) is 11.8 Å². The minimum Gasteiger partial charge on any atom is -0.481 e. The molecule has 9 nitrogen and oxygen atoms in total.